The van der Waals surface area contributed by atoms with Gasteiger partial charge in [-0.05, 0) is 70.5 Å². The van der Waals surface area contributed by atoms with Crippen LogP contribution in [0.4, 0.5) is 0 Å². The lowest BCUT2D eigenvalue weighted by Crippen LogP contribution is -2.48. The number of nitrogens with zero attached hydrogens (tertiary/aromatic N) is 1. The summed E-state index contributed by atoms with van der Waals surface area (Å²) in [6.45, 7) is 3.65. The number of hydrogen-bond donors (Lipinski definition) is 3. The molecule has 0 aliphatic heterocycles. The highest BCUT2D eigenvalue weighted by molar-refractivity contribution is 14.1. The summed E-state index contributed by atoms with van der Waals surface area (Å²) >= 11 is 7.80. The van der Waals surface area contributed by atoms with Gasteiger partial charge < -0.3 is 15.2 Å². The number of halogens is 2. The van der Waals surface area contributed by atoms with E-state index in [0.717, 1.165) is 0 Å². The summed E-state index contributed by atoms with van der Waals surface area (Å²) in [5.41, 5.74) is 3.48. The second-order valence-corrected chi connectivity index (χ2v) is 8.09. The summed E-state index contributed by atoms with van der Waals surface area (Å²) in [5.74, 6) is -0.633. The Balaban J connectivity index is 2.06. The van der Waals surface area contributed by atoms with E-state index in [1.807, 2.05) is 36.4 Å². The number of hydrazone groups is 1. The first-order valence-corrected chi connectivity index (χ1v) is 10.1. The van der Waals surface area contributed by atoms with Gasteiger partial charge in [0.1, 0.15) is 6.04 Å². The highest BCUT2D eigenvalue weighted by atomic mass is 127. The zero-order valence-electron chi connectivity index (χ0n) is 16.1. The zero-order chi connectivity index (χ0) is 21.6. The number of hydrogen-bond acceptors (Lipinski definition) is 5. The van der Waals surface area contributed by atoms with Crippen molar-refractivity contribution in [3.8, 4) is 11.5 Å². The van der Waals surface area contributed by atoms with Gasteiger partial charge >= 0.3 is 0 Å². The molecule has 0 saturated carbocycles. The first-order chi connectivity index (χ1) is 13.7. The van der Waals surface area contributed by atoms with E-state index in [9.17, 15) is 14.7 Å². The van der Waals surface area contributed by atoms with Crippen LogP contribution < -0.4 is 15.5 Å². The van der Waals surface area contributed by atoms with E-state index in [0.29, 0.717) is 25.5 Å². The van der Waals surface area contributed by atoms with Crippen LogP contribution >= 0.6 is 34.2 Å². The molecule has 2 amide bonds. The lowest BCUT2D eigenvalue weighted by Gasteiger charge is -2.20. The molecule has 0 saturated heterocycles. The van der Waals surface area contributed by atoms with Gasteiger partial charge in [0.15, 0.2) is 11.5 Å². The Labute approximate surface area is 187 Å². The maximum Gasteiger partial charge on any atom is 0.262 e. The standard InChI is InChI=1S/C20H21ClIN3O4/c1-11(2)17(24-19(27)13-4-6-14(21)7-5-13)20(28)25-23-10-12-8-15(22)18(26)16(9-12)29-3/h4-11,17,26H,1-3H3,(H,24,27)(H,25,28)/b23-10+. The Bertz CT molecular complexity index is 917. The Hall–Kier alpha value is -2.33. The number of benzene rings is 2. The van der Waals surface area contributed by atoms with Crippen molar-refractivity contribution >= 4 is 52.2 Å². The van der Waals surface area contributed by atoms with Crippen molar-refractivity contribution in [3.05, 3.63) is 56.1 Å². The van der Waals surface area contributed by atoms with Gasteiger partial charge in [-0.15, -0.1) is 0 Å². The monoisotopic (exact) mass is 529 g/mol. The SMILES string of the molecule is COc1cc(/C=N/NC(=O)C(NC(=O)c2ccc(Cl)cc2)C(C)C)cc(I)c1O. The molecule has 0 bridgehead atoms. The molecule has 7 nitrogen and oxygen atoms in total. The van der Waals surface area contributed by atoms with Crippen molar-refractivity contribution < 1.29 is 19.4 Å². The average molecular weight is 530 g/mol. The van der Waals surface area contributed by atoms with Gasteiger partial charge in [-0.3, -0.25) is 9.59 Å². The molecule has 0 radical (unpaired) electrons. The minimum absolute atomic E-state index is 0.0408. The minimum Gasteiger partial charge on any atom is -0.504 e. The smallest absolute Gasteiger partial charge is 0.262 e. The second kappa shape index (κ2) is 10.4. The summed E-state index contributed by atoms with van der Waals surface area (Å²) in [7, 11) is 1.45. The first-order valence-electron chi connectivity index (χ1n) is 8.68. The van der Waals surface area contributed by atoms with Crippen molar-refractivity contribution in [1.82, 2.24) is 10.7 Å². The molecule has 2 aromatic rings. The highest BCUT2D eigenvalue weighted by Crippen LogP contribution is 2.31. The molecule has 0 aliphatic rings. The number of carbonyl (C=O) groups excluding carboxylic acids is 2. The fourth-order valence-corrected chi connectivity index (χ4v) is 3.18. The number of nitrogens with one attached hydrogen (secondary N) is 2. The topological polar surface area (TPSA) is 100 Å². The van der Waals surface area contributed by atoms with Gasteiger partial charge in [-0.2, -0.15) is 5.10 Å². The normalized spacial score (nSPS) is 12.1. The molecular weight excluding hydrogens is 509 g/mol. The molecule has 0 aliphatic carbocycles. The summed E-state index contributed by atoms with van der Waals surface area (Å²) < 4.78 is 5.69. The predicted molar refractivity (Wildman–Crippen MR) is 121 cm³/mol. The van der Waals surface area contributed by atoms with Crippen molar-refractivity contribution in [2.45, 2.75) is 19.9 Å². The van der Waals surface area contributed by atoms with E-state index in [2.05, 4.69) is 15.8 Å². The van der Waals surface area contributed by atoms with Crippen LogP contribution in [-0.4, -0.2) is 36.3 Å². The van der Waals surface area contributed by atoms with Crippen molar-refractivity contribution in [1.29, 1.82) is 0 Å². The molecule has 29 heavy (non-hydrogen) atoms. The van der Waals surface area contributed by atoms with Crippen LogP contribution in [-0.2, 0) is 4.79 Å². The molecule has 9 heteroatoms. The largest absolute Gasteiger partial charge is 0.504 e. The zero-order valence-corrected chi connectivity index (χ0v) is 19.0. The van der Waals surface area contributed by atoms with E-state index in [1.165, 1.54) is 13.3 Å². The van der Waals surface area contributed by atoms with Crippen LogP contribution in [0.1, 0.15) is 29.8 Å². The van der Waals surface area contributed by atoms with E-state index >= 15 is 0 Å². The quantitative estimate of drug-likeness (QED) is 0.290. The second-order valence-electron chi connectivity index (χ2n) is 6.49. The number of aromatic hydroxyl groups is 1. The molecule has 3 N–H and O–H groups in total. The number of methoxy groups -OCH3 is 1. The Morgan fingerprint density at radius 2 is 1.90 bits per heavy atom. The number of phenolic OH excluding ortho intramolecular Hbond substituents is 1. The average Bonchev–Trinajstić information content (AvgIpc) is 2.68. The van der Waals surface area contributed by atoms with Crippen LogP contribution in [0.15, 0.2) is 41.5 Å². The number of ether oxygens (including phenoxy) is 1. The fourth-order valence-electron chi connectivity index (χ4n) is 2.42. The first kappa shape index (κ1) is 23.0. The summed E-state index contributed by atoms with van der Waals surface area (Å²) in [6, 6.07) is 8.91. The van der Waals surface area contributed by atoms with Crippen molar-refractivity contribution in [2.24, 2.45) is 11.0 Å². The molecule has 0 heterocycles. The van der Waals surface area contributed by atoms with Gasteiger partial charge in [-0.1, -0.05) is 25.4 Å². The number of rotatable bonds is 7. The maximum absolute atomic E-state index is 12.5. The summed E-state index contributed by atoms with van der Waals surface area (Å²) in [6.07, 6.45) is 1.43. The number of carbonyl (C=O) groups is 2. The van der Waals surface area contributed by atoms with E-state index in [-0.39, 0.29) is 17.6 Å². The molecule has 0 aromatic heterocycles. The van der Waals surface area contributed by atoms with Crippen molar-refractivity contribution in [3.63, 3.8) is 0 Å². The van der Waals surface area contributed by atoms with E-state index in [1.54, 1.807) is 36.4 Å². The fraction of sp³-hybridized carbons (Fsp3) is 0.250. The third-order valence-corrected chi connectivity index (χ3v) is 5.08. The van der Waals surface area contributed by atoms with E-state index < -0.39 is 11.9 Å². The summed E-state index contributed by atoms with van der Waals surface area (Å²) in [5, 5.41) is 17.1. The lowest BCUT2D eigenvalue weighted by molar-refractivity contribution is -0.123. The molecule has 2 rings (SSSR count). The number of amides is 2. The lowest BCUT2D eigenvalue weighted by atomic mass is 10.0. The van der Waals surface area contributed by atoms with Crippen LogP contribution in [0.5, 0.6) is 11.5 Å². The predicted octanol–water partition coefficient (Wildman–Crippen LogP) is 3.56. The van der Waals surface area contributed by atoms with Gasteiger partial charge in [0.05, 0.1) is 16.9 Å². The molecule has 154 valence electrons. The van der Waals surface area contributed by atoms with Crippen LogP contribution in [0, 0.1) is 9.49 Å². The van der Waals surface area contributed by atoms with Crippen LogP contribution in [0.3, 0.4) is 0 Å². The molecule has 0 fully saturated rings. The van der Waals surface area contributed by atoms with Gasteiger partial charge in [-0.25, -0.2) is 5.43 Å². The number of phenols is 1. The van der Waals surface area contributed by atoms with Crippen LogP contribution in [0.2, 0.25) is 5.02 Å². The maximum atomic E-state index is 12.5. The molecular formula is C20H21ClIN3O4. The third-order valence-electron chi connectivity index (χ3n) is 4.00. The highest BCUT2D eigenvalue weighted by Gasteiger charge is 2.24. The molecule has 1 unspecified atom stereocenters. The van der Waals surface area contributed by atoms with Gasteiger partial charge in [0.25, 0.3) is 11.8 Å². The van der Waals surface area contributed by atoms with E-state index in [4.69, 9.17) is 16.3 Å². The Kier molecular flexibility index (Phi) is 8.27. The minimum atomic E-state index is -0.773. The van der Waals surface area contributed by atoms with Crippen LogP contribution in [0.25, 0.3) is 0 Å². The summed E-state index contributed by atoms with van der Waals surface area (Å²) in [4.78, 5) is 24.9. The molecule has 2 aromatic carbocycles. The van der Waals surface area contributed by atoms with Gasteiger partial charge in [0.2, 0.25) is 0 Å². The van der Waals surface area contributed by atoms with Crippen molar-refractivity contribution in [2.75, 3.05) is 7.11 Å². The Morgan fingerprint density at radius 3 is 2.48 bits per heavy atom. The Morgan fingerprint density at radius 1 is 1.24 bits per heavy atom. The molecule has 0 spiro atoms. The van der Waals surface area contributed by atoms with Gasteiger partial charge in [0, 0.05) is 10.6 Å². The molecule has 1 atom stereocenters. The third kappa shape index (κ3) is 6.33.